The normalized spacial score (nSPS) is 24.0. The number of aliphatic hydroxyl groups is 1. The molecule has 110 valence electrons. The highest BCUT2D eigenvalue weighted by Crippen LogP contribution is 2.49. The van der Waals surface area contributed by atoms with E-state index in [4.69, 9.17) is 16.7 Å². The standard InChI is InChI=1S/C16H22ClNO2/c1-3-16(2,8-9-19)18-15(20)13-10-12(13)11-6-4-5-7-14(11)17/h4-7,12-13,19H,3,8-10H2,1-2H3,(H,18,20). The summed E-state index contributed by atoms with van der Waals surface area (Å²) in [6.07, 6.45) is 2.25. The molecule has 1 amide bonds. The molecule has 1 fully saturated rings. The zero-order valence-corrected chi connectivity index (χ0v) is 12.8. The number of rotatable bonds is 6. The van der Waals surface area contributed by atoms with Crippen LogP contribution in [0.3, 0.4) is 0 Å². The van der Waals surface area contributed by atoms with Gasteiger partial charge in [0.1, 0.15) is 0 Å². The molecule has 1 aliphatic carbocycles. The Morgan fingerprint density at radius 3 is 2.80 bits per heavy atom. The van der Waals surface area contributed by atoms with Crippen molar-refractivity contribution in [3.8, 4) is 0 Å². The van der Waals surface area contributed by atoms with Crippen molar-refractivity contribution >= 4 is 17.5 Å². The molecule has 1 aromatic rings. The topological polar surface area (TPSA) is 49.3 Å². The summed E-state index contributed by atoms with van der Waals surface area (Å²) < 4.78 is 0. The van der Waals surface area contributed by atoms with Gasteiger partial charge in [-0.15, -0.1) is 0 Å². The second-order valence-electron chi connectivity index (χ2n) is 5.85. The van der Waals surface area contributed by atoms with Crippen LogP contribution in [0.2, 0.25) is 5.02 Å². The summed E-state index contributed by atoms with van der Waals surface area (Å²) in [5.41, 5.74) is 0.745. The van der Waals surface area contributed by atoms with Gasteiger partial charge in [-0.3, -0.25) is 4.79 Å². The molecule has 1 aliphatic rings. The number of amides is 1. The molecular formula is C16H22ClNO2. The number of hydrogen-bond donors (Lipinski definition) is 2. The van der Waals surface area contributed by atoms with Crippen LogP contribution in [0.5, 0.6) is 0 Å². The van der Waals surface area contributed by atoms with E-state index in [2.05, 4.69) is 5.32 Å². The van der Waals surface area contributed by atoms with Gasteiger partial charge in [-0.2, -0.15) is 0 Å². The van der Waals surface area contributed by atoms with Gasteiger partial charge < -0.3 is 10.4 Å². The van der Waals surface area contributed by atoms with Gasteiger partial charge in [0.25, 0.3) is 0 Å². The molecule has 1 saturated carbocycles. The predicted molar refractivity (Wildman–Crippen MR) is 80.8 cm³/mol. The smallest absolute Gasteiger partial charge is 0.224 e. The molecule has 3 atom stereocenters. The molecule has 0 saturated heterocycles. The second-order valence-corrected chi connectivity index (χ2v) is 6.25. The molecule has 0 bridgehead atoms. The molecule has 2 rings (SSSR count). The van der Waals surface area contributed by atoms with Crippen LogP contribution in [0, 0.1) is 5.92 Å². The fraction of sp³-hybridized carbons (Fsp3) is 0.562. The number of aliphatic hydroxyl groups excluding tert-OH is 1. The first-order chi connectivity index (χ1) is 9.50. The summed E-state index contributed by atoms with van der Waals surface area (Å²) in [5.74, 6) is 0.325. The Balaban J connectivity index is 1.98. The highest BCUT2D eigenvalue weighted by molar-refractivity contribution is 6.31. The van der Waals surface area contributed by atoms with Gasteiger partial charge in [-0.1, -0.05) is 36.7 Å². The summed E-state index contributed by atoms with van der Waals surface area (Å²) >= 11 is 6.17. The van der Waals surface area contributed by atoms with Gasteiger partial charge in [0.2, 0.25) is 5.91 Å². The summed E-state index contributed by atoms with van der Waals surface area (Å²) in [6, 6.07) is 7.72. The Hall–Kier alpha value is -1.06. The third-order valence-electron chi connectivity index (χ3n) is 4.30. The van der Waals surface area contributed by atoms with Crippen molar-refractivity contribution in [2.75, 3.05) is 6.61 Å². The van der Waals surface area contributed by atoms with Crippen molar-refractivity contribution in [3.63, 3.8) is 0 Å². The molecule has 20 heavy (non-hydrogen) atoms. The van der Waals surface area contributed by atoms with Crippen molar-refractivity contribution in [1.82, 2.24) is 5.32 Å². The Morgan fingerprint density at radius 2 is 2.20 bits per heavy atom. The first kappa shape index (κ1) is 15.3. The number of carbonyl (C=O) groups is 1. The van der Waals surface area contributed by atoms with Gasteiger partial charge in [0, 0.05) is 23.1 Å². The van der Waals surface area contributed by atoms with E-state index in [1.165, 1.54) is 0 Å². The first-order valence-electron chi connectivity index (χ1n) is 7.18. The molecule has 0 spiro atoms. The van der Waals surface area contributed by atoms with Crippen LogP contribution >= 0.6 is 11.6 Å². The minimum atomic E-state index is -0.320. The van der Waals surface area contributed by atoms with Crippen LogP contribution in [0.15, 0.2) is 24.3 Å². The Labute approximate surface area is 125 Å². The van der Waals surface area contributed by atoms with Crippen molar-refractivity contribution in [2.45, 2.75) is 44.6 Å². The molecule has 2 N–H and O–H groups in total. The van der Waals surface area contributed by atoms with E-state index in [-0.39, 0.29) is 29.9 Å². The lowest BCUT2D eigenvalue weighted by Crippen LogP contribution is -2.47. The lowest BCUT2D eigenvalue weighted by atomic mass is 9.94. The molecule has 0 radical (unpaired) electrons. The van der Waals surface area contributed by atoms with Crippen molar-refractivity contribution < 1.29 is 9.90 Å². The zero-order chi connectivity index (χ0) is 14.8. The van der Waals surface area contributed by atoms with Gasteiger partial charge in [0.15, 0.2) is 0 Å². The van der Waals surface area contributed by atoms with E-state index in [1.807, 2.05) is 38.1 Å². The van der Waals surface area contributed by atoms with Crippen molar-refractivity contribution in [3.05, 3.63) is 34.9 Å². The summed E-state index contributed by atoms with van der Waals surface area (Å²) in [6.45, 7) is 4.09. The third-order valence-corrected chi connectivity index (χ3v) is 4.64. The van der Waals surface area contributed by atoms with Crippen molar-refractivity contribution in [1.29, 1.82) is 0 Å². The third kappa shape index (κ3) is 3.33. The zero-order valence-electron chi connectivity index (χ0n) is 12.0. The highest BCUT2D eigenvalue weighted by atomic mass is 35.5. The fourth-order valence-electron chi connectivity index (χ4n) is 2.57. The number of nitrogens with one attached hydrogen (secondary N) is 1. The van der Waals surface area contributed by atoms with E-state index >= 15 is 0 Å². The molecule has 4 heteroatoms. The van der Waals surface area contributed by atoms with Crippen LogP contribution in [-0.2, 0) is 4.79 Å². The van der Waals surface area contributed by atoms with Crippen LogP contribution in [0.25, 0.3) is 0 Å². The molecule has 0 heterocycles. The van der Waals surface area contributed by atoms with Gasteiger partial charge in [-0.25, -0.2) is 0 Å². The minimum Gasteiger partial charge on any atom is -0.396 e. The average Bonchev–Trinajstić information content (AvgIpc) is 3.20. The summed E-state index contributed by atoms with van der Waals surface area (Å²) in [5, 5.41) is 12.9. The van der Waals surface area contributed by atoms with Gasteiger partial charge in [-0.05, 0) is 43.7 Å². The second kappa shape index (κ2) is 6.15. The molecule has 0 aromatic heterocycles. The van der Waals surface area contributed by atoms with E-state index in [1.54, 1.807) is 0 Å². The number of halogens is 1. The maximum atomic E-state index is 12.3. The molecular weight excluding hydrogens is 274 g/mol. The number of benzene rings is 1. The number of carbonyl (C=O) groups excluding carboxylic acids is 1. The fourth-order valence-corrected chi connectivity index (χ4v) is 2.84. The first-order valence-corrected chi connectivity index (χ1v) is 7.56. The maximum absolute atomic E-state index is 12.3. The van der Waals surface area contributed by atoms with Crippen LogP contribution in [-0.4, -0.2) is 23.2 Å². The quantitative estimate of drug-likeness (QED) is 0.847. The summed E-state index contributed by atoms with van der Waals surface area (Å²) in [4.78, 5) is 12.3. The average molecular weight is 296 g/mol. The lowest BCUT2D eigenvalue weighted by Gasteiger charge is -2.29. The number of hydrogen-bond acceptors (Lipinski definition) is 2. The van der Waals surface area contributed by atoms with E-state index in [0.717, 1.165) is 23.4 Å². The monoisotopic (exact) mass is 295 g/mol. The lowest BCUT2D eigenvalue weighted by molar-refractivity contribution is -0.124. The predicted octanol–water partition coefficient (Wildman–Crippen LogP) is 3.11. The van der Waals surface area contributed by atoms with Gasteiger partial charge in [0.05, 0.1) is 0 Å². The Kier molecular flexibility index (Phi) is 4.71. The largest absolute Gasteiger partial charge is 0.396 e. The molecule has 3 nitrogen and oxygen atoms in total. The van der Waals surface area contributed by atoms with Crippen molar-refractivity contribution in [2.24, 2.45) is 5.92 Å². The molecule has 1 aromatic carbocycles. The molecule has 3 unspecified atom stereocenters. The highest BCUT2D eigenvalue weighted by Gasteiger charge is 2.46. The minimum absolute atomic E-state index is 0.0134. The van der Waals surface area contributed by atoms with Crippen LogP contribution < -0.4 is 5.32 Å². The SMILES string of the molecule is CCC(C)(CCO)NC(=O)C1CC1c1ccccc1Cl. The Morgan fingerprint density at radius 1 is 1.50 bits per heavy atom. The van der Waals surface area contributed by atoms with E-state index < -0.39 is 0 Å². The molecule has 0 aliphatic heterocycles. The van der Waals surface area contributed by atoms with E-state index in [0.29, 0.717) is 6.42 Å². The Bertz CT molecular complexity index is 491. The summed E-state index contributed by atoms with van der Waals surface area (Å²) in [7, 11) is 0. The van der Waals surface area contributed by atoms with Crippen LogP contribution in [0.4, 0.5) is 0 Å². The van der Waals surface area contributed by atoms with Crippen LogP contribution in [0.1, 0.15) is 44.6 Å². The van der Waals surface area contributed by atoms with Gasteiger partial charge >= 0.3 is 0 Å². The maximum Gasteiger partial charge on any atom is 0.224 e. The van der Waals surface area contributed by atoms with E-state index in [9.17, 15) is 4.79 Å².